The number of hydrogen-bond donors (Lipinski definition) is 0. The average Bonchev–Trinajstić information content (AvgIpc) is 3.67. The molecule has 0 amide bonds. The highest BCUT2D eigenvalue weighted by Crippen LogP contribution is 2.50. The number of para-hydroxylation sites is 2. The third kappa shape index (κ3) is 3.17. The van der Waals surface area contributed by atoms with E-state index in [9.17, 15) is 9.59 Å². The van der Waals surface area contributed by atoms with Crippen LogP contribution < -0.4 is 0 Å². The number of rotatable bonds is 1. The van der Waals surface area contributed by atoms with Gasteiger partial charge in [0.05, 0.1) is 16.6 Å². The fourth-order valence-corrected chi connectivity index (χ4v) is 10.7. The van der Waals surface area contributed by atoms with E-state index in [0.717, 1.165) is 107 Å². The first-order valence-electron chi connectivity index (χ1n) is 17.9. The smallest absolute Gasteiger partial charge is 0.166 e. The van der Waals surface area contributed by atoms with E-state index in [-0.39, 0.29) is 11.8 Å². The Labute approximate surface area is 276 Å². The van der Waals surface area contributed by atoms with Gasteiger partial charge in [0.1, 0.15) is 11.2 Å². The van der Waals surface area contributed by atoms with Gasteiger partial charge in [0.25, 0.3) is 0 Å². The predicted molar refractivity (Wildman–Crippen MR) is 192 cm³/mol. The second-order valence-corrected chi connectivity index (χ2v) is 15.3. The van der Waals surface area contributed by atoms with E-state index >= 15 is 0 Å². The summed E-state index contributed by atoms with van der Waals surface area (Å²) in [6.45, 7) is 0. The molecular weight excluding hydrogens is 590 g/mol. The summed E-state index contributed by atoms with van der Waals surface area (Å²) >= 11 is 0. The van der Waals surface area contributed by atoms with Gasteiger partial charge in [-0.1, -0.05) is 36.4 Å². The summed E-state index contributed by atoms with van der Waals surface area (Å²) in [7, 11) is 0. The molecule has 3 heterocycles. The van der Waals surface area contributed by atoms with E-state index < -0.39 is 0 Å². The van der Waals surface area contributed by atoms with Gasteiger partial charge >= 0.3 is 0 Å². The van der Waals surface area contributed by atoms with E-state index in [1.54, 1.807) is 0 Å². The van der Waals surface area contributed by atoms with Crippen LogP contribution in [0.5, 0.6) is 0 Å². The van der Waals surface area contributed by atoms with Gasteiger partial charge in [-0.2, -0.15) is 0 Å². The molecule has 0 radical (unpaired) electrons. The molecule has 0 N–H and O–H groups in total. The van der Waals surface area contributed by atoms with Crippen molar-refractivity contribution in [2.24, 2.45) is 11.8 Å². The Kier molecular flexibility index (Phi) is 4.85. The molecule has 48 heavy (non-hydrogen) atoms. The Bertz CT molecular complexity index is 2620. The molecule has 4 bridgehead atoms. The number of nitrogens with zero attached hydrogens (tertiary/aromatic N) is 1. The zero-order chi connectivity index (χ0) is 31.4. The van der Waals surface area contributed by atoms with Crippen LogP contribution in [0.25, 0.3) is 71.2 Å². The van der Waals surface area contributed by atoms with Gasteiger partial charge in [-0.25, -0.2) is 0 Å². The maximum atomic E-state index is 13.9. The van der Waals surface area contributed by atoms with Gasteiger partial charge in [0.15, 0.2) is 11.6 Å². The molecule has 0 aliphatic heterocycles. The second-order valence-electron chi connectivity index (χ2n) is 15.3. The quantitative estimate of drug-likeness (QED) is 0.183. The summed E-state index contributed by atoms with van der Waals surface area (Å²) in [5.41, 5.74) is 11.7. The van der Waals surface area contributed by atoms with E-state index in [0.29, 0.717) is 23.4 Å². The minimum atomic E-state index is 0.144. The molecular formula is C44H33NO3. The number of furan rings is 1. The molecule has 5 aromatic carbocycles. The van der Waals surface area contributed by atoms with Crippen LogP contribution in [-0.4, -0.2) is 16.0 Å². The summed E-state index contributed by atoms with van der Waals surface area (Å²) in [5.74, 6) is 1.83. The molecule has 0 saturated heterocycles. The molecule has 8 aromatic rings. The number of ketones is 2. The van der Waals surface area contributed by atoms with E-state index in [1.807, 2.05) is 12.1 Å². The van der Waals surface area contributed by atoms with Crippen LogP contribution in [0.1, 0.15) is 95.0 Å². The lowest BCUT2D eigenvalue weighted by Crippen LogP contribution is -2.15. The van der Waals surface area contributed by atoms with Crippen molar-refractivity contribution in [1.29, 1.82) is 0 Å². The largest absolute Gasteiger partial charge is 0.455 e. The Hall–Kier alpha value is -4.96. The van der Waals surface area contributed by atoms with Crippen molar-refractivity contribution in [3.05, 3.63) is 101 Å². The van der Waals surface area contributed by atoms with Crippen molar-refractivity contribution < 1.29 is 14.0 Å². The maximum absolute atomic E-state index is 13.9. The van der Waals surface area contributed by atoms with Gasteiger partial charge in [-0.15, -0.1) is 0 Å². The number of Topliss-reactive ketones (excluding diaryl/α,β-unsaturated/α-hetero) is 2. The minimum absolute atomic E-state index is 0.144. The fraction of sp³-hybridized carbons (Fsp3) is 0.273. The first kappa shape index (κ1) is 26.0. The molecule has 4 heteroatoms. The molecule has 2 saturated carbocycles. The molecule has 0 atom stereocenters. The summed E-state index contributed by atoms with van der Waals surface area (Å²) in [6.07, 6.45) is 8.37. The predicted octanol–water partition coefficient (Wildman–Crippen LogP) is 11.3. The van der Waals surface area contributed by atoms with E-state index in [4.69, 9.17) is 4.42 Å². The number of hydrogen-bond acceptors (Lipinski definition) is 3. The summed E-state index contributed by atoms with van der Waals surface area (Å²) < 4.78 is 8.95. The van der Waals surface area contributed by atoms with Gasteiger partial charge in [-0.05, 0) is 122 Å². The molecule has 0 unspecified atom stereocenters. The van der Waals surface area contributed by atoms with Crippen molar-refractivity contribution in [1.82, 2.24) is 4.40 Å². The van der Waals surface area contributed by atoms with Crippen molar-refractivity contribution in [3.8, 4) is 11.1 Å². The first-order valence-corrected chi connectivity index (χ1v) is 17.9. The third-order valence-corrected chi connectivity index (χ3v) is 13.1. The topological polar surface area (TPSA) is 51.7 Å². The molecule has 232 valence electrons. The summed E-state index contributed by atoms with van der Waals surface area (Å²) in [6, 6.07) is 28.7. The van der Waals surface area contributed by atoms with Gasteiger partial charge in [0, 0.05) is 60.8 Å². The second kappa shape index (κ2) is 8.93. The lowest BCUT2D eigenvalue weighted by Gasteiger charge is -2.22. The van der Waals surface area contributed by atoms with Crippen LogP contribution >= 0.6 is 0 Å². The number of aromatic nitrogens is 1. The maximum Gasteiger partial charge on any atom is 0.166 e. The SMILES string of the molecule is O=C1c2cc3c(cc2C2CCC1CC2)c1cc(-c2cccc4c2oc2ccccc24)cc2c4cc5c(cc4n3c12)C(=O)C1CCC5CC1. The Morgan fingerprint density at radius 3 is 1.65 bits per heavy atom. The molecule has 6 aliphatic rings. The standard InChI is InChI=1S/C44H33NO3/c46-42-24-12-8-22(9-13-24)30-18-32-34-16-26(27-5-3-6-29-28-4-1-2-7-40(28)48-44(27)29)17-35-33-19-31-23-10-14-25(15-11-23)43(47)37(31)21-39(33)45(41(34)35)38(32)20-36(30)42/h1-7,16-25H,8-15H2. The molecule has 3 aromatic heterocycles. The van der Waals surface area contributed by atoms with Crippen LogP contribution in [0.3, 0.4) is 0 Å². The van der Waals surface area contributed by atoms with Crippen LogP contribution in [0.4, 0.5) is 0 Å². The molecule has 6 aliphatic carbocycles. The number of fused-ring (bicyclic) bond motifs is 13. The summed E-state index contributed by atoms with van der Waals surface area (Å²) in [5, 5.41) is 7.08. The van der Waals surface area contributed by atoms with Crippen LogP contribution in [0.2, 0.25) is 0 Å². The van der Waals surface area contributed by atoms with E-state index in [2.05, 4.69) is 71.1 Å². The third-order valence-electron chi connectivity index (χ3n) is 13.1. The highest BCUT2D eigenvalue weighted by Gasteiger charge is 2.38. The Balaban J connectivity index is 1.24. The van der Waals surface area contributed by atoms with Crippen LogP contribution in [0, 0.1) is 11.8 Å². The van der Waals surface area contributed by atoms with Gasteiger partial charge < -0.3 is 8.82 Å². The lowest BCUT2D eigenvalue weighted by molar-refractivity contribution is 0.0891. The van der Waals surface area contributed by atoms with E-state index in [1.165, 1.54) is 38.2 Å². The first-order chi connectivity index (χ1) is 23.6. The highest BCUT2D eigenvalue weighted by molar-refractivity contribution is 6.26. The highest BCUT2D eigenvalue weighted by atomic mass is 16.3. The van der Waals surface area contributed by atoms with Crippen molar-refractivity contribution in [2.75, 3.05) is 0 Å². The molecule has 14 rings (SSSR count). The zero-order valence-electron chi connectivity index (χ0n) is 26.6. The molecule has 0 spiro atoms. The van der Waals surface area contributed by atoms with Crippen molar-refractivity contribution >= 4 is 71.6 Å². The molecule has 4 nitrogen and oxygen atoms in total. The Morgan fingerprint density at radius 1 is 0.500 bits per heavy atom. The van der Waals surface area contributed by atoms with Crippen LogP contribution in [-0.2, 0) is 0 Å². The van der Waals surface area contributed by atoms with Gasteiger partial charge in [0.2, 0.25) is 0 Å². The lowest BCUT2D eigenvalue weighted by atomic mass is 9.82. The Morgan fingerprint density at radius 2 is 1.04 bits per heavy atom. The van der Waals surface area contributed by atoms with Crippen molar-refractivity contribution in [3.63, 3.8) is 0 Å². The number of benzene rings is 5. The normalized spacial score (nSPS) is 23.7. The zero-order valence-corrected chi connectivity index (χ0v) is 26.6. The monoisotopic (exact) mass is 623 g/mol. The van der Waals surface area contributed by atoms with Crippen molar-refractivity contribution in [2.45, 2.75) is 63.2 Å². The van der Waals surface area contributed by atoms with Gasteiger partial charge in [-0.3, -0.25) is 9.59 Å². The van der Waals surface area contributed by atoms with Crippen LogP contribution in [0.15, 0.2) is 83.3 Å². The fourth-order valence-electron chi connectivity index (χ4n) is 10.7. The molecule has 2 fully saturated rings. The summed E-state index contributed by atoms with van der Waals surface area (Å²) in [4.78, 5) is 27.9. The average molecular weight is 624 g/mol. The number of carbonyl (C=O) groups is 2. The number of carbonyl (C=O) groups excluding carboxylic acids is 2. The minimum Gasteiger partial charge on any atom is -0.455 e.